The van der Waals surface area contributed by atoms with Crippen molar-refractivity contribution in [2.75, 3.05) is 27.3 Å². The van der Waals surface area contributed by atoms with Crippen molar-refractivity contribution >= 4 is 5.91 Å². The molecule has 1 fully saturated rings. The molecule has 0 aromatic rings. The number of hydrogen-bond donors (Lipinski definition) is 1. The highest BCUT2D eigenvalue weighted by atomic mass is 16.5. The SMILES string of the molecule is CC(=O)N[C@H]1COCC1N(C)C. The highest BCUT2D eigenvalue weighted by molar-refractivity contribution is 5.73. The normalized spacial score (nSPS) is 29.3. The first kappa shape index (κ1) is 9.48. The van der Waals surface area contributed by atoms with E-state index in [1.165, 1.54) is 6.92 Å². The molecule has 1 rings (SSSR count). The molecule has 0 aliphatic carbocycles. The van der Waals surface area contributed by atoms with Gasteiger partial charge < -0.3 is 15.0 Å². The van der Waals surface area contributed by atoms with Crippen LogP contribution in [0, 0.1) is 0 Å². The molecule has 70 valence electrons. The fraction of sp³-hybridized carbons (Fsp3) is 0.875. The summed E-state index contributed by atoms with van der Waals surface area (Å²) in [5, 5.41) is 2.87. The summed E-state index contributed by atoms with van der Waals surface area (Å²) in [4.78, 5) is 12.9. The lowest BCUT2D eigenvalue weighted by Crippen LogP contribution is -2.47. The van der Waals surface area contributed by atoms with E-state index in [0.717, 1.165) is 0 Å². The Labute approximate surface area is 72.9 Å². The van der Waals surface area contributed by atoms with Gasteiger partial charge in [-0.3, -0.25) is 4.79 Å². The molecule has 0 bridgehead atoms. The molecule has 0 saturated carbocycles. The number of hydrogen-bond acceptors (Lipinski definition) is 3. The van der Waals surface area contributed by atoms with Crippen molar-refractivity contribution in [1.82, 2.24) is 10.2 Å². The number of carbonyl (C=O) groups is 1. The van der Waals surface area contributed by atoms with Crippen LogP contribution in [0.15, 0.2) is 0 Å². The largest absolute Gasteiger partial charge is 0.378 e. The molecule has 2 atom stereocenters. The van der Waals surface area contributed by atoms with Gasteiger partial charge in [-0.1, -0.05) is 0 Å². The topological polar surface area (TPSA) is 41.6 Å². The molecular formula is C8H16N2O2. The molecule has 0 aromatic heterocycles. The lowest BCUT2D eigenvalue weighted by atomic mass is 10.1. The second-order valence-corrected chi connectivity index (χ2v) is 3.38. The van der Waals surface area contributed by atoms with Crippen LogP contribution in [0.5, 0.6) is 0 Å². The fourth-order valence-corrected chi connectivity index (χ4v) is 1.45. The number of likely N-dealkylation sites (N-methyl/N-ethyl adjacent to an activating group) is 1. The second kappa shape index (κ2) is 3.87. The van der Waals surface area contributed by atoms with Crippen LogP contribution in [0.25, 0.3) is 0 Å². The summed E-state index contributed by atoms with van der Waals surface area (Å²) in [6, 6.07) is 0.464. The van der Waals surface area contributed by atoms with Gasteiger partial charge >= 0.3 is 0 Å². The third kappa shape index (κ3) is 2.19. The molecule has 1 aliphatic rings. The minimum atomic E-state index is 0.0114. The van der Waals surface area contributed by atoms with Crippen LogP contribution >= 0.6 is 0 Å². The van der Waals surface area contributed by atoms with Crippen LogP contribution in [0.4, 0.5) is 0 Å². The Kier molecular flexibility index (Phi) is 3.05. The van der Waals surface area contributed by atoms with Crippen molar-refractivity contribution in [2.45, 2.75) is 19.0 Å². The molecule has 0 aromatic carbocycles. The smallest absolute Gasteiger partial charge is 0.217 e. The predicted molar refractivity (Wildman–Crippen MR) is 45.9 cm³/mol. The van der Waals surface area contributed by atoms with Crippen molar-refractivity contribution in [1.29, 1.82) is 0 Å². The molecule has 12 heavy (non-hydrogen) atoms. The van der Waals surface area contributed by atoms with Crippen molar-refractivity contribution in [3.8, 4) is 0 Å². The average molecular weight is 172 g/mol. The summed E-state index contributed by atoms with van der Waals surface area (Å²) in [5.41, 5.74) is 0. The lowest BCUT2D eigenvalue weighted by molar-refractivity contribution is -0.119. The van der Waals surface area contributed by atoms with Gasteiger partial charge in [0.25, 0.3) is 0 Å². The maximum Gasteiger partial charge on any atom is 0.217 e. The number of carbonyl (C=O) groups excluding carboxylic acids is 1. The van der Waals surface area contributed by atoms with Crippen LogP contribution in [0.3, 0.4) is 0 Å². The Morgan fingerprint density at radius 1 is 1.50 bits per heavy atom. The number of amides is 1. The van der Waals surface area contributed by atoms with Gasteiger partial charge in [0.15, 0.2) is 0 Å². The van der Waals surface area contributed by atoms with Crippen molar-refractivity contribution < 1.29 is 9.53 Å². The van der Waals surface area contributed by atoms with E-state index in [1.54, 1.807) is 0 Å². The molecule has 1 aliphatic heterocycles. The molecule has 0 radical (unpaired) electrons. The first-order chi connectivity index (χ1) is 5.61. The van der Waals surface area contributed by atoms with E-state index in [1.807, 2.05) is 14.1 Å². The Hall–Kier alpha value is -0.610. The zero-order valence-electron chi connectivity index (χ0n) is 7.83. The second-order valence-electron chi connectivity index (χ2n) is 3.38. The van der Waals surface area contributed by atoms with E-state index < -0.39 is 0 Å². The number of nitrogens with one attached hydrogen (secondary N) is 1. The van der Waals surface area contributed by atoms with Crippen LogP contribution in [-0.4, -0.2) is 50.2 Å². The quantitative estimate of drug-likeness (QED) is 0.607. The van der Waals surface area contributed by atoms with Gasteiger partial charge in [-0.2, -0.15) is 0 Å². The highest BCUT2D eigenvalue weighted by Crippen LogP contribution is 2.09. The molecule has 1 N–H and O–H groups in total. The van der Waals surface area contributed by atoms with Gasteiger partial charge in [-0.25, -0.2) is 0 Å². The Balaban J connectivity index is 2.46. The van der Waals surface area contributed by atoms with Gasteiger partial charge in [0.2, 0.25) is 5.91 Å². The van der Waals surface area contributed by atoms with Gasteiger partial charge in [-0.05, 0) is 14.1 Å². The summed E-state index contributed by atoms with van der Waals surface area (Å²) in [5.74, 6) is 0.0114. The van der Waals surface area contributed by atoms with E-state index >= 15 is 0 Å². The number of rotatable bonds is 2. The average Bonchev–Trinajstić information content (AvgIpc) is 2.33. The summed E-state index contributed by atoms with van der Waals surface area (Å²) in [7, 11) is 3.99. The van der Waals surface area contributed by atoms with Crippen molar-refractivity contribution in [3.63, 3.8) is 0 Å². The Bertz CT molecular complexity index is 170. The summed E-state index contributed by atoms with van der Waals surface area (Å²) >= 11 is 0. The van der Waals surface area contributed by atoms with Crippen molar-refractivity contribution in [3.05, 3.63) is 0 Å². The van der Waals surface area contributed by atoms with E-state index in [-0.39, 0.29) is 11.9 Å². The van der Waals surface area contributed by atoms with E-state index in [2.05, 4.69) is 10.2 Å². The summed E-state index contributed by atoms with van der Waals surface area (Å²) < 4.78 is 5.28. The van der Waals surface area contributed by atoms with Crippen LogP contribution in [0.1, 0.15) is 6.92 Å². The fourth-order valence-electron chi connectivity index (χ4n) is 1.45. The predicted octanol–water partition coefficient (Wildman–Crippen LogP) is -0.548. The maximum absolute atomic E-state index is 10.8. The Morgan fingerprint density at radius 3 is 2.67 bits per heavy atom. The Morgan fingerprint density at radius 2 is 2.17 bits per heavy atom. The van der Waals surface area contributed by atoms with Crippen molar-refractivity contribution in [2.24, 2.45) is 0 Å². The van der Waals surface area contributed by atoms with Gasteiger partial charge in [0, 0.05) is 6.92 Å². The molecule has 0 spiro atoms. The molecule has 4 nitrogen and oxygen atoms in total. The maximum atomic E-state index is 10.8. The third-order valence-corrected chi connectivity index (χ3v) is 2.10. The molecule has 1 heterocycles. The van der Waals surface area contributed by atoms with E-state index in [0.29, 0.717) is 19.3 Å². The zero-order chi connectivity index (χ0) is 9.14. The van der Waals surface area contributed by atoms with Gasteiger partial charge in [0.05, 0.1) is 25.3 Å². The lowest BCUT2D eigenvalue weighted by Gasteiger charge is -2.24. The summed E-state index contributed by atoms with van der Waals surface area (Å²) in [6.07, 6.45) is 0. The molecule has 4 heteroatoms. The van der Waals surface area contributed by atoms with Gasteiger partial charge in [0.1, 0.15) is 0 Å². The zero-order valence-corrected chi connectivity index (χ0v) is 7.83. The minimum Gasteiger partial charge on any atom is -0.378 e. The van der Waals surface area contributed by atoms with E-state index in [4.69, 9.17) is 4.74 Å². The standard InChI is InChI=1S/C8H16N2O2/c1-6(11)9-7-4-12-5-8(7)10(2)3/h7-8H,4-5H2,1-3H3,(H,9,11)/t7-,8?/m0/s1. The first-order valence-electron chi connectivity index (χ1n) is 4.12. The third-order valence-electron chi connectivity index (χ3n) is 2.10. The molecule has 1 amide bonds. The number of nitrogens with zero attached hydrogens (tertiary/aromatic N) is 1. The van der Waals surface area contributed by atoms with Crippen LogP contribution in [0.2, 0.25) is 0 Å². The summed E-state index contributed by atoms with van der Waals surface area (Å²) in [6.45, 7) is 2.87. The van der Waals surface area contributed by atoms with Gasteiger partial charge in [-0.15, -0.1) is 0 Å². The molecule has 1 unspecified atom stereocenters. The van der Waals surface area contributed by atoms with E-state index in [9.17, 15) is 4.79 Å². The number of ether oxygens (including phenoxy) is 1. The van der Waals surface area contributed by atoms with Crippen LogP contribution < -0.4 is 5.32 Å². The van der Waals surface area contributed by atoms with Crippen LogP contribution in [-0.2, 0) is 9.53 Å². The monoisotopic (exact) mass is 172 g/mol. The first-order valence-corrected chi connectivity index (χ1v) is 4.12. The minimum absolute atomic E-state index is 0.0114. The highest BCUT2D eigenvalue weighted by Gasteiger charge is 2.29. The molecule has 1 saturated heterocycles. The molecular weight excluding hydrogens is 156 g/mol.